The summed E-state index contributed by atoms with van der Waals surface area (Å²) in [6.07, 6.45) is -0.577. The van der Waals surface area contributed by atoms with Gasteiger partial charge in [-0.05, 0) is 13.8 Å². The van der Waals surface area contributed by atoms with Crippen molar-refractivity contribution in [3.8, 4) is 11.8 Å². The molecule has 0 aliphatic rings. The van der Waals surface area contributed by atoms with E-state index in [1.54, 1.807) is 13.8 Å². The summed E-state index contributed by atoms with van der Waals surface area (Å²) in [4.78, 5) is 9.87. The zero-order valence-electron chi connectivity index (χ0n) is 5.96. The Morgan fingerprint density at radius 1 is 1.50 bits per heavy atom. The van der Waals surface area contributed by atoms with Crippen molar-refractivity contribution in [2.24, 2.45) is 5.92 Å². The minimum Gasteiger partial charge on any atom is -0.472 e. The zero-order chi connectivity index (χ0) is 8.15. The van der Waals surface area contributed by atoms with Crippen LogP contribution in [0.15, 0.2) is 0 Å². The monoisotopic (exact) mass is 142 g/mol. The molecule has 0 bridgehead atoms. The molecule has 0 fully saturated rings. The van der Waals surface area contributed by atoms with E-state index >= 15 is 0 Å². The predicted octanol–water partition coefficient (Wildman–Crippen LogP) is 0.0913. The first-order valence-electron chi connectivity index (χ1n) is 2.96. The highest BCUT2D eigenvalue weighted by Crippen LogP contribution is 1.98. The Morgan fingerprint density at radius 2 is 2.00 bits per heavy atom. The fourth-order valence-corrected chi connectivity index (χ4v) is 0.296. The minimum atomic E-state index is -1.16. The summed E-state index contributed by atoms with van der Waals surface area (Å²) in [5, 5.41) is 16.9. The van der Waals surface area contributed by atoms with Gasteiger partial charge in [-0.15, -0.1) is 0 Å². The summed E-state index contributed by atoms with van der Waals surface area (Å²) in [5.74, 6) is 2.87. The Balaban J connectivity index is 3.92. The molecule has 0 spiro atoms. The summed E-state index contributed by atoms with van der Waals surface area (Å²) >= 11 is 0. The van der Waals surface area contributed by atoms with E-state index in [0.717, 1.165) is 0 Å². The normalized spacial score (nSPS) is 14.7. The number of carboxylic acids is 1. The fourth-order valence-electron chi connectivity index (χ4n) is 0.296. The highest BCUT2D eigenvalue weighted by molar-refractivity contribution is 5.86. The second kappa shape index (κ2) is 3.91. The molecule has 0 amide bonds. The Hall–Kier alpha value is -1.01. The van der Waals surface area contributed by atoms with Crippen LogP contribution in [-0.4, -0.2) is 22.3 Å². The van der Waals surface area contributed by atoms with Gasteiger partial charge in [0.25, 0.3) is 0 Å². The van der Waals surface area contributed by atoms with Gasteiger partial charge in [-0.2, -0.15) is 0 Å². The smallest absolute Gasteiger partial charge is 0.381 e. The largest absolute Gasteiger partial charge is 0.472 e. The molecule has 0 aliphatic heterocycles. The molecule has 2 N–H and O–H groups in total. The maximum absolute atomic E-state index is 9.87. The highest BCUT2D eigenvalue weighted by atomic mass is 16.4. The van der Waals surface area contributed by atoms with Crippen molar-refractivity contribution in [2.75, 3.05) is 0 Å². The van der Waals surface area contributed by atoms with Gasteiger partial charge < -0.3 is 10.2 Å². The number of hydrogen-bond acceptors (Lipinski definition) is 2. The van der Waals surface area contributed by atoms with Crippen LogP contribution in [0.4, 0.5) is 0 Å². The summed E-state index contributed by atoms with van der Waals surface area (Å²) in [6.45, 7) is 3.24. The van der Waals surface area contributed by atoms with Gasteiger partial charge in [0.2, 0.25) is 0 Å². The number of carboxylic acid groups (broad SMARTS) is 1. The van der Waals surface area contributed by atoms with E-state index in [0.29, 0.717) is 0 Å². The van der Waals surface area contributed by atoms with E-state index in [1.807, 2.05) is 5.92 Å². The van der Waals surface area contributed by atoms with Crippen molar-refractivity contribution in [3.05, 3.63) is 0 Å². The lowest BCUT2D eigenvalue weighted by Gasteiger charge is -2.04. The lowest BCUT2D eigenvalue weighted by molar-refractivity contribution is -0.130. The highest BCUT2D eigenvalue weighted by Gasteiger charge is 2.03. The first kappa shape index (κ1) is 8.99. The molecule has 0 aromatic carbocycles. The van der Waals surface area contributed by atoms with Crippen molar-refractivity contribution < 1.29 is 15.0 Å². The Morgan fingerprint density at radius 3 is 2.30 bits per heavy atom. The van der Waals surface area contributed by atoms with Gasteiger partial charge in [0.15, 0.2) is 0 Å². The number of aliphatic carboxylic acids is 1. The van der Waals surface area contributed by atoms with Gasteiger partial charge in [0, 0.05) is 11.8 Å². The lowest BCUT2D eigenvalue weighted by atomic mass is 10.1. The Kier molecular flexibility index (Phi) is 3.52. The molecule has 10 heavy (non-hydrogen) atoms. The summed E-state index contributed by atoms with van der Waals surface area (Å²) in [7, 11) is 0. The van der Waals surface area contributed by atoms with E-state index < -0.39 is 12.1 Å². The van der Waals surface area contributed by atoms with E-state index in [9.17, 15) is 4.79 Å². The molecule has 3 nitrogen and oxygen atoms in total. The van der Waals surface area contributed by atoms with Crippen molar-refractivity contribution in [3.63, 3.8) is 0 Å². The fraction of sp³-hybridized carbons (Fsp3) is 0.571. The minimum absolute atomic E-state index is 0.281. The van der Waals surface area contributed by atoms with Crippen molar-refractivity contribution in [1.82, 2.24) is 0 Å². The van der Waals surface area contributed by atoms with E-state index in [2.05, 4.69) is 5.92 Å². The van der Waals surface area contributed by atoms with Gasteiger partial charge >= 0.3 is 5.97 Å². The molecule has 0 unspecified atom stereocenters. The standard InChI is InChI=1S/C7H10O3/c1-5(6(2)8)3-4-7(9)10/h5-6,8H,1-2H3,(H,9,10)/t5-,6-/m1/s1. The number of carbonyl (C=O) groups is 1. The van der Waals surface area contributed by atoms with E-state index in [4.69, 9.17) is 10.2 Å². The number of hydrogen-bond donors (Lipinski definition) is 2. The molecule has 0 saturated heterocycles. The second-order valence-corrected chi connectivity index (χ2v) is 2.10. The molecule has 0 aliphatic carbocycles. The second-order valence-electron chi connectivity index (χ2n) is 2.10. The molecule has 0 rings (SSSR count). The van der Waals surface area contributed by atoms with E-state index in [-0.39, 0.29) is 5.92 Å². The third kappa shape index (κ3) is 3.93. The van der Waals surface area contributed by atoms with Crippen molar-refractivity contribution in [1.29, 1.82) is 0 Å². The zero-order valence-corrected chi connectivity index (χ0v) is 5.96. The van der Waals surface area contributed by atoms with Crippen LogP contribution in [0.1, 0.15) is 13.8 Å². The molecular formula is C7H10O3. The van der Waals surface area contributed by atoms with Crippen LogP contribution >= 0.6 is 0 Å². The Bertz CT molecular complexity index is 173. The maximum atomic E-state index is 9.87. The van der Waals surface area contributed by atoms with E-state index in [1.165, 1.54) is 0 Å². The average Bonchev–Trinajstić information content (AvgIpc) is 1.82. The third-order valence-electron chi connectivity index (χ3n) is 1.13. The quantitative estimate of drug-likeness (QED) is 0.510. The van der Waals surface area contributed by atoms with Crippen LogP contribution in [-0.2, 0) is 4.79 Å². The molecule has 2 atom stereocenters. The van der Waals surface area contributed by atoms with Crippen LogP contribution in [0.3, 0.4) is 0 Å². The van der Waals surface area contributed by atoms with Gasteiger partial charge in [0.1, 0.15) is 0 Å². The first-order valence-corrected chi connectivity index (χ1v) is 2.96. The first-order chi connectivity index (χ1) is 4.54. The van der Waals surface area contributed by atoms with Crippen LogP contribution < -0.4 is 0 Å². The molecule has 56 valence electrons. The number of aliphatic hydroxyl groups is 1. The topological polar surface area (TPSA) is 57.5 Å². The predicted molar refractivity (Wildman–Crippen MR) is 36.3 cm³/mol. The summed E-state index contributed by atoms with van der Waals surface area (Å²) < 4.78 is 0. The molecule has 0 heterocycles. The molecule has 0 saturated carbocycles. The van der Waals surface area contributed by atoms with Gasteiger partial charge in [0.05, 0.1) is 6.10 Å². The van der Waals surface area contributed by atoms with Crippen LogP contribution in [0, 0.1) is 17.8 Å². The van der Waals surface area contributed by atoms with Crippen molar-refractivity contribution >= 4 is 5.97 Å². The van der Waals surface area contributed by atoms with Gasteiger partial charge in [-0.1, -0.05) is 5.92 Å². The SMILES string of the molecule is C[C@H](C#CC(=O)O)[C@@H](C)O. The van der Waals surface area contributed by atoms with Gasteiger partial charge in [-0.25, -0.2) is 4.79 Å². The van der Waals surface area contributed by atoms with Crippen LogP contribution in [0.5, 0.6) is 0 Å². The third-order valence-corrected chi connectivity index (χ3v) is 1.13. The molecule has 3 heteroatoms. The summed E-state index contributed by atoms with van der Waals surface area (Å²) in [5.41, 5.74) is 0. The Labute approximate surface area is 59.7 Å². The molecular weight excluding hydrogens is 132 g/mol. The van der Waals surface area contributed by atoms with Crippen molar-refractivity contribution in [2.45, 2.75) is 20.0 Å². The van der Waals surface area contributed by atoms with Crippen LogP contribution in [0.2, 0.25) is 0 Å². The molecule has 0 radical (unpaired) electrons. The lowest BCUT2D eigenvalue weighted by Crippen LogP contribution is -2.10. The average molecular weight is 142 g/mol. The maximum Gasteiger partial charge on any atom is 0.381 e. The number of aliphatic hydroxyl groups excluding tert-OH is 1. The molecule has 0 aromatic heterocycles. The van der Waals surface area contributed by atoms with Crippen LogP contribution in [0.25, 0.3) is 0 Å². The number of rotatable bonds is 1. The van der Waals surface area contributed by atoms with Gasteiger partial charge in [-0.3, -0.25) is 0 Å². The summed E-state index contributed by atoms with van der Waals surface area (Å²) in [6, 6.07) is 0. The molecule has 0 aromatic rings.